The van der Waals surface area contributed by atoms with E-state index in [1.54, 1.807) is 12.1 Å². The Morgan fingerprint density at radius 3 is 2.59 bits per heavy atom. The molecular weight excluding hydrogens is 264 g/mol. The fraction of sp³-hybridized carbons (Fsp3) is 0.400. The molecule has 1 heterocycles. The van der Waals surface area contributed by atoms with Crippen LogP contribution in [0, 0.1) is 10.1 Å². The first-order valence-corrected chi connectivity index (χ1v) is 6.99. The van der Waals surface area contributed by atoms with Crippen LogP contribution in [0.5, 0.6) is 0 Å². The van der Waals surface area contributed by atoms with Gasteiger partial charge in [0.2, 0.25) is 0 Å². The Balaban J connectivity index is 2.35. The molecule has 0 aromatic heterocycles. The molecule has 1 aliphatic rings. The third-order valence-corrected chi connectivity index (χ3v) is 4.25. The lowest BCUT2D eigenvalue weighted by Gasteiger charge is -2.28. The largest absolute Gasteiger partial charge is 0.364 e. The summed E-state index contributed by atoms with van der Waals surface area (Å²) in [5.41, 5.74) is 0.445. The summed E-state index contributed by atoms with van der Waals surface area (Å²) < 4.78 is 11.3. The average Bonchev–Trinajstić information content (AvgIpc) is 2.29. The van der Waals surface area contributed by atoms with E-state index in [0.717, 1.165) is 0 Å². The molecule has 0 bridgehead atoms. The number of nitrogens with zero attached hydrogens (tertiary/aromatic N) is 2. The molecule has 0 N–H and O–H groups in total. The van der Waals surface area contributed by atoms with Gasteiger partial charge in [0.15, 0.2) is 0 Å². The first-order valence-electron chi connectivity index (χ1n) is 5.12. The zero-order valence-corrected chi connectivity index (χ0v) is 10.5. The maximum atomic E-state index is 11.3. The van der Waals surface area contributed by atoms with Crippen LogP contribution in [0.1, 0.15) is 0 Å². The Hall–Kier alpha value is -1.14. The van der Waals surface area contributed by atoms with Crippen molar-refractivity contribution in [3.8, 4) is 0 Å². The zero-order valence-electron chi connectivity index (χ0n) is 8.97. The van der Waals surface area contributed by atoms with Gasteiger partial charge in [-0.2, -0.15) is 0 Å². The molecule has 0 amide bonds. The first kappa shape index (κ1) is 12.3. The monoisotopic (exact) mass is 274 g/mol. The van der Waals surface area contributed by atoms with Gasteiger partial charge in [0, 0.05) is 35.4 Å². The van der Waals surface area contributed by atoms with Crippen LogP contribution in [0.4, 0.5) is 11.4 Å². The molecule has 1 saturated heterocycles. The van der Waals surface area contributed by atoms with E-state index in [1.807, 2.05) is 4.90 Å². The summed E-state index contributed by atoms with van der Waals surface area (Å²) >= 11 is 5.84. The van der Waals surface area contributed by atoms with Gasteiger partial charge in [-0.3, -0.25) is 14.3 Å². The predicted molar refractivity (Wildman–Crippen MR) is 68.2 cm³/mol. The summed E-state index contributed by atoms with van der Waals surface area (Å²) in [6.45, 7) is 1.13. The molecule has 0 unspecified atom stereocenters. The SMILES string of the molecule is O=[N+]([O-])c1c(Cl)cccc1N1CCS(=O)CC1. The van der Waals surface area contributed by atoms with Gasteiger partial charge in [-0.05, 0) is 12.1 Å². The molecule has 0 spiro atoms. The standard InChI is InChI=1S/C10H11ClN2O3S/c11-8-2-1-3-9(10(8)13(14)15)12-4-6-17(16)7-5-12/h1-3H,4-7H2. The van der Waals surface area contributed by atoms with E-state index >= 15 is 0 Å². The Morgan fingerprint density at radius 2 is 2.00 bits per heavy atom. The molecule has 1 aromatic carbocycles. The zero-order chi connectivity index (χ0) is 12.4. The Kier molecular flexibility index (Phi) is 3.63. The van der Waals surface area contributed by atoms with Crippen LogP contribution in [-0.2, 0) is 10.8 Å². The Labute approximate surface area is 106 Å². The number of rotatable bonds is 2. The van der Waals surface area contributed by atoms with E-state index in [-0.39, 0.29) is 10.7 Å². The summed E-state index contributed by atoms with van der Waals surface area (Å²) in [6.07, 6.45) is 0. The molecule has 1 aliphatic heterocycles. The van der Waals surface area contributed by atoms with Crippen LogP contribution in [0.15, 0.2) is 18.2 Å². The summed E-state index contributed by atoms with van der Waals surface area (Å²) in [5, 5.41) is 11.1. The maximum Gasteiger partial charge on any atom is 0.310 e. The molecule has 0 saturated carbocycles. The van der Waals surface area contributed by atoms with Crippen molar-refractivity contribution in [2.45, 2.75) is 0 Å². The molecule has 0 radical (unpaired) electrons. The molecule has 7 heteroatoms. The van der Waals surface area contributed by atoms with E-state index in [9.17, 15) is 14.3 Å². The number of nitro benzene ring substituents is 1. The highest BCUT2D eigenvalue weighted by atomic mass is 35.5. The predicted octanol–water partition coefficient (Wildman–Crippen LogP) is 1.82. The average molecular weight is 275 g/mol. The smallest absolute Gasteiger partial charge is 0.310 e. The number of para-hydroxylation sites is 1. The van der Waals surface area contributed by atoms with Gasteiger partial charge < -0.3 is 4.90 Å². The molecule has 5 nitrogen and oxygen atoms in total. The van der Waals surface area contributed by atoms with Crippen molar-refractivity contribution >= 4 is 33.8 Å². The van der Waals surface area contributed by atoms with Crippen molar-refractivity contribution in [2.24, 2.45) is 0 Å². The van der Waals surface area contributed by atoms with Crippen molar-refractivity contribution < 1.29 is 9.13 Å². The van der Waals surface area contributed by atoms with Gasteiger partial charge in [0.1, 0.15) is 10.7 Å². The van der Waals surface area contributed by atoms with Gasteiger partial charge in [0.25, 0.3) is 0 Å². The molecule has 17 heavy (non-hydrogen) atoms. The Bertz CT molecular complexity index is 471. The van der Waals surface area contributed by atoms with E-state index in [4.69, 9.17) is 11.6 Å². The van der Waals surface area contributed by atoms with Crippen LogP contribution in [-0.4, -0.2) is 33.7 Å². The Morgan fingerprint density at radius 1 is 1.35 bits per heavy atom. The van der Waals surface area contributed by atoms with Gasteiger partial charge in [-0.15, -0.1) is 0 Å². The highest BCUT2D eigenvalue weighted by Gasteiger charge is 2.25. The molecular formula is C10H11ClN2O3S. The third-order valence-electron chi connectivity index (χ3n) is 2.67. The molecule has 92 valence electrons. The van der Waals surface area contributed by atoms with Crippen molar-refractivity contribution in [1.82, 2.24) is 0 Å². The fourth-order valence-corrected chi connectivity index (χ4v) is 3.11. The minimum absolute atomic E-state index is 0.0677. The first-order chi connectivity index (χ1) is 8.09. The third kappa shape index (κ3) is 2.58. The number of benzene rings is 1. The van der Waals surface area contributed by atoms with E-state index in [1.165, 1.54) is 6.07 Å². The number of anilines is 1. The molecule has 0 atom stereocenters. The fourth-order valence-electron chi connectivity index (χ4n) is 1.82. The summed E-state index contributed by atoms with van der Waals surface area (Å²) in [5.74, 6) is 1.09. The van der Waals surface area contributed by atoms with Crippen LogP contribution < -0.4 is 4.90 Å². The van der Waals surface area contributed by atoms with Crippen LogP contribution in [0.2, 0.25) is 5.02 Å². The quantitative estimate of drug-likeness (QED) is 0.609. The summed E-state index contributed by atoms with van der Waals surface area (Å²) in [7, 11) is -0.802. The van der Waals surface area contributed by atoms with Crippen molar-refractivity contribution in [3.05, 3.63) is 33.3 Å². The van der Waals surface area contributed by atoms with Crippen LogP contribution in [0.25, 0.3) is 0 Å². The van der Waals surface area contributed by atoms with Crippen molar-refractivity contribution in [2.75, 3.05) is 29.5 Å². The molecule has 1 fully saturated rings. The number of hydrogen-bond donors (Lipinski definition) is 0. The van der Waals surface area contributed by atoms with Gasteiger partial charge in [-0.25, -0.2) is 0 Å². The minimum Gasteiger partial charge on any atom is -0.364 e. The van der Waals surface area contributed by atoms with E-state index < -0.39 is 15.7 Å². The van der Waals surface area contributed by atoms with Crippen molar-refractivity contribution in [1.29, 1.82) is 0 Å². The maximum absolute atomic E-state index is 11.3. The van der Waals surface area contributed by atoms with Crippen LogP contribution in [0.3, 0.4) is 0 Å². The lowest BCUT2D eigenvalue weighted by molar-refractivity contribution is -0.384. The number of hydrogen-bond acceptors (Lipinski definition) is 4. The second-order valence-electron chi connectivity index (χ2n) is 3.70. The lowest BCUT2D eigenvalue weighted by atomic mass is 10.2. The highest BCUT2D eigenvalue weighted by Crippen LogP contribution is 2.35. The second-order valence-corrected chi connectivity index (χ2v) is 5.80. The van der Waals surface area contributed by atoms with Gasteiger partial charge in [-0.1, -0.05) is 17.7 Å². The summed E-state index contributed by atoms with van der Waals surface area (Å²) in [4.78, 5) is 12.4. The normalized spacial score (nSPS) is 17.1. The van der Waals surface area contributed by atoms with E-state index in [2.05, 4.69) is 0 Å². The van der Waals surface area contributed by atoms with E-state index in [0.29, 0.717) is 30.3 Å². The van der Waals surface area contributed by atoms with Crippen LogP contribution >= 0.6 is 11.6 Å². The molecule has 2 rings (SSSR count). The van der Waals surface area contributed by atoms with Gasteiger partial charge in [0.05, 0.1) is 4.92 Å². The van der Waals surface area contributed by atoms with Gasteiger partial charge >= 0.3 is 5.69 Å². The molecule has 0 aliphatic carbocycles. The number of nitro groups is 1. The second kappa shape index (κ2) is 5.01. The number of halogens is 1. The topological polar surface area (TPSA) is 63.5 Å². The molecule has 1 aromatic rings. The lowest BCUT2D eigenvalue weighted by Crippen LogP contribution is -2.38. The van der Waals surface area contributed by atoms with Crippen molar-refractivity contribution in [3.63, 3.8) is 0 Å². The minimum atomic E-state index is -0.802. The highest BCUT2D eigenvalue weighted by molar-refractivity contribution is 7.85. The summed E-state index contributed by atoms with van der Waals surface area (Å²) in [6, 6.07) is 4.87.